The number of urea groups is 1. The van der Waals surface area contributed by atoms with E-state index in [2.05, 4.69) is 0 Å². The maximum Gasteiger partial charge on any atom is 0.327 e. The molecule has 0 aliphatic rings. The van der Waals surface area contributed by atoms with E-state index in [4.69, 9.17) is 11.5 Å². The number of carbonyl (C=O) groups excluding carboxylic acids is 2. The maximum atomic E-state index is 12.0. The first-order valence-electron chi connectivity index (χ1n) is 8.00. The number of hydrogen-bond acceptors (Lipinski definition) is 4. The second-order valence-corrected chi connectivity index (χ2v) is 7.31. The standard InChI is InChI=1S/C18H21N3O4S/c1-10(2)14(17(23)24)21(18(20)25)16-13(15(19)22)9-12(26-16)8-11-6-4-3-5-7-11/h3-7,9-10,14H,8H2,1-2H3,(H2,19,22)(H2,20,25)(H,23,24). The van der Waals surface area contributed by atoms with Gasteiger partial charge in [-0.3, -0.25) is 9.69 Å². The average molecular weight is 375 g/mol. The van der Waals surface area contributed by atoms with Crippen molar-refractivity contribution in [3.63, 3.8) is 0 Å². The lowest BCUT2D eigenvalue weighted by Gasteiger charge is -2.29. The third kappa shape index (κ3) is 4.20. The molecule has 5 N–H and O–H groups in total. The van der Waals surface area contributed by atoms with Gasteiger partial charge in [0.2, 0.25) is 0 Å². The fourth-order valence-corrected chi connectivity index (χ4v) is 3.96. The number of carbonyl (C=O) groups is 3. The monoisotopic (exact) mass is 375 g/mol. The Morgan fingerprint density at radius 2 is 1.77 bits per heavy atom. The Morgan fingerprint density at radius 3 is 2.23 bits per heavy atom. The van der Waals surface area contributed by atoms with Gasteiger partial charge in [0.25, 0.3) is 5.91 Å². The predicted molar refractivity (Wildman–Crippen MR) is 100 cm³/mol. The van der Waals surface area contributed by atoms with Gasteiger partial charge in [-0.1, -0.05) is 44.2 Å². The lowest BCUT2D eigenvalue weighted by atomic mass is 10.0. The van der Waals surface area contributed by atoms with Crippen molar-refractivity contribution >= 4 is 34.2 Å². The number of anilines is 1. The van der Waals surface area contributed by atoms with Crippen LogP contribution in [-0.4, -0.2) is 29.1 Å². The Bertz CT molecular complexity index is 817. The summed E-state index contributed by atoms with van der Waals surface area (Å²) in [5.74, 6) is -2.36. The molecule has 0 saturated heterocycles. The topological polar surface area (TPSA) is 127 Å². The molecule has 1 aromatic carbocycles. The van der Waals surface area contributed by atoms with E-state index in [1.807, 2.05) is 30.3 Å². The lowest BCUT2D eigenvalue weighted by molar-refractivity contribution is -0.139. The summed E-state index contributed by atoms with van der Waals surface area (Å²) in [5.41, 5.74) is 12.0. The first kappa shape index (κ1) is 19.5. The zero-order valence-corrected chi connectivity index (χ0v) is 15.3. The summed E-state index contributed by atoms with van der Waals surface area (Å²) in [4.78, 5) is 37.3. The second-order valence-electron chi connectivity index (χ2n) is 6.19. The molecule has 138 valence electrons. The highest BCUT2D eigenvalue weighted by atomic mass is 32.1. The van der Waals surface area contributed by atoms with E-state index < -0.39 is 29.9 Å². The molecule has 0 radical (unpaired) electrons. The number of amides is 3. The van der Waals surface area contributed by atoms with Crippen LogP contribution in [0, 0.1) is 5.92 Å². The van der Waals surface area contributed by atoms with Crippen molar-refractivity contribution in [2.24, 2.45) is 17.4 Å². The number of rotatable bonds is 7. The zero-order chi connectivity index (χ0) is 19.4. The molecular formula is C18H21N3O4S. The van der Waals surface area contributed by atoms with Crippen LogP contribution in [0.4, 0.5) is 9.80 Å². The molecule has 0 spiro atoms. The molecule has 0 saturated carbocycles. The molecule has 1 unspecified atom stereocenters. The van der Waals surface area contributed by atoms with E-state index in [9.17, 15) is 19.5 Å². The van der Waals surface area contributed by atoms with Crippen LogP contribution >= 0.6 is 11.3 Å². The molecule has 26 heavy (non-hydrogen) atoms. The van der Waals surface area contributed by atoms with Gasteiger partial charge in [0.1, 0.15) is 11.0 Å². The van der Waals surface area contributed by atoms with Crippen molar-refractivity contribution < 1.29 is 19.5 Å². The molecule has 7 nitrogen and oxygen atoms in total. The van der Waals surface area contributed by atoms with Gasteiger partial charge in [0, 0.05) is 11.3 Å². The highest BCUT2D eigenvalue weighted by Crippen LogP contribution is 2.35. The van der Waals surface area contributed by atoms with E-state index in [1.54, 1.807) is 19.9 Å². The van der Waals surface area contributed by atoms with E-state index in [0.717, 1.165) is 26.7 Å². The van der Waals surface area contributed by atoms with Gasteiger partial charge in [-0.2, -0.15) is 0 Å². The van der Waals surface area contributed by atoms with Gasteiger partial charge in [-0.15, -0.1) is 11.3 Å². The quantitative estimate of drug-likeness (QED) is 0.687. The number of carboxylic acids is 1. The largest absolute Gasteiger partial charge is 0.480 e. The van der Waals surface area contributed by atoms with Crippen LogP contribution in [0.5, 0.6) is 0 Å². The number of hydrogen-bond donors (Lipinski definition) is 3. The van der Waals surface area contributed by atoms with Crippen molar-refractivity contribution in [2.75, 3.05) is 4.90 Å². The smallest absolute Gasteiger partial charge is 0.327 e. The van der Waals surface area contributed by atoms with E-state index in [1.165, 1.54) is 0 Å². The fourth-order valence-electron chi connectivity index (χ4n) is 2.73. The van der Waals surface area contributed by atoms with Gasteiger partial charge in [-0.05, 0) is 17.5 Å². The number of aliphatic carboxylic acids is 1. The van der Waals surface area contributed by atoms with Gasteiger partial charge >= 0.3 is 12.0 Å². The van der Waals surface area contributed by atoms with Crippen LogP contribution in [0.3, 0.4) is 0 Å². The zero-order valence-electron chi connectivity index (χ0n) is 14.5. The molecule has 8 heteroatoms. The normalized spacial score (nSPS) is 12.0. The Kier molecular flexibility index (Phi) is 5.99. The summed E-state index contributed by atoms with van der Waals surface area (Å²) in [6.45, 7) is 3.33. The van der Waals surface area contributed by atoms with Crippen LogP contribution in [-0.2, 0) is 11.2 Å². The molecule has 1 heterocycles. The fraction of sp³-hybridized carbons (Fsp3) is 0.278. The minimum absolute atomic E-state index is 0.0895. The van der Waals surface area contributed by atoms with Crippen molar-refractivity contribution in [2.45, 2.75) is 26.3 Å². The number of primary amides is 2. The van der Waals surface area contributed by atoms with Crippen LogP contribution in [0.15, 0.2) is 36.4 Å². The van der Waals surface area contributed by atoms with Crippen molar-refractivity contribution in [3.05, 3.63) is 52.4 Å². The average Bonchev–Trinajstić information content (AvgIpc) is 2.95. The van der Waals surface area contributed by atoms with Crippen molar-refractivity contribution in [1.82, 2.24) is 0 Å². The summed E-state index contributed by atoms with van der Waals surface area (Å²) in [7, 11) is 0. The lowest BCUT2D eigenvalue weighted by Crippen LogP contribution is -2.51. The maximum absolute atomic E-state index is 12.0. The summed E-state index contributed by atoms with van der Waals surface area (Å²) in [6.07, 6.45) is 0.526. The SMILES string of the molecule is CC(C)C(C(=O)O)N(C(N)=O)c1sc(Cc2ccccc2)cc1C(N)=O. The van der Waals surface area contributed by atoms with Crippen molar-refractivity contribution in [3.8, 4) is 0 Å². The Labute approximate surface area is 155 Å². The molecule has 0 aliphatic carbocycles. The molecule has 1 aromatic heterocycles. The van der Waals surface area contributed by atoms with Crippen LogP contribution in [0.25, 0.3) is 0 Å². The molecule has 1 atom stereocenters. The van der Waals surface area contributed by atoms with Crippen LogP contribution in [0.1, 0.15) is 34.6 Å². The molecular weight excluding hydrogens is 354 g/mol. The van der Waals surface area contributed by atoms with E-state index in [-0.39, 0.29) is 10.6 Å². The molecule has 0 bridgehead atoms. The Morgan fingerprint density at radius 1 is 1.15 bits per heavy atom. The molecule has 0 fully saturated rings. The molecule has 2 aromatic rings. The molecule has 0 aliphatic heterocycles. The van der Waals surface area contributed by atoms with E-state index in [0.29, 0.717) is 6.42 Å². The van der Waals surface area contributed by atoms with Gasteiger partial charge in [-0.25, -0.2) is 9.59 Å². The minimum atomic E-state index is -1.20. The highest BCUT2D eigenvalue weighted by molar-refractivity contribution is 7.16. The Balaban J connectivity index is 2.52. The number of thiophene rings is 1. The third-order valence-electron chi connectivity index (χ3n) is 3.87. The van der Waals surface area contributed by atoms with Crippen molar-refractivity contribution in [1.29, 1.82) is 0 Å². The minimum Gasteiger partial charge on any atom is -0.480 e. The number of nitrogens with two attached hydrogens (primary N) is 2. The number of nitrogens with zero attached hydrogens (tertiary/aromatic N) is 1. The second kappa shape index (κ2) is 8.01. The first-order valence-corrected chi connectivity index (χ1v) is 8.82. The van der Waals surface area contributed by atoms with Gasteiger partial charge in [0.05, 0.1) is 5.56 Å². The number of benzene rings is 1. The predicted octanol–water partition coefficient (Wildman–Crippen LogP) is 2.43. The highest BCUT2D eigenvalue weighted by Gasteiger charge is 2.35. The number of carboxylic acid groups (broad SMARTS) is 1. The van der Waals surface area contributed by atoms with Crippen LogP contribution in [0.2, 0.25) is 0 Å². The molecule has 2 rings (SSSR count). The van der Waals surface area contributed by atoms with Gasteiger partial charge in [0.15, 0.2) is 0 Å². The van der Waals surface area contributed by atoms with Gasteiger partial charge < -0.3 is 16.6 Å². The Hall–Kier alpha value is -2.87. The van der Waals surface area contributed by atoms with Crippen LogP contribution < -0.4 is 16.4 Å². The summed E-state index contributed by atoms with van der Waals surface area (Å²) in [6, 6.07) is 9.00. The van der Waals surface area contributed by atoms with E-state index >= 15 is 0 Å². The third-order valence-corrected chi connectivity index (χ3v) is 5.00. The summed E-state index contributed by atoms with van der Waals surface area (Å²) in [5, 5.41) is 9.70. The molecule has 3 amide bonds. The first-order chi connectivity index (χ1) is 12.2. The summed E-state index contributed by atoms with van der Waals surface area (Å²) < 4.78 is 0. The summed E-state index contributed by atoms with van der Waals surface area (Å²) >= 11 is 1.14.